The number of carboxylic acid groups (broad SMARTS) is 1. The van der Waals surface area contributed by atoms with Gasteiger partial charge >= 0.3 is 6.09 Å². The van der Waals surface area contributed by atoms with Gasteiger partial charge in [-0.25, -0.2) is 4.79 Å². The Morgan fingerprint density at radius 1 is 1.25 bits per heavy atom. The van der Waals surface area contributed by atoms with Gasteiger partial charge in [-0.05, 0) is 24.1 Å². The van der Waals surface area contributed by atoms with E-state index >= 15 is 0 Å². The van der Waals surface area contributed by atoms with E-state index < -0.39 is 18.2 Å². The van der Waals surface area contributed by atoms with Crippen LogP contribution >= 0.6 is 0 Å². The van der Waals surface area contributed by atoms with Crippen molar-refractivity contribution in [1.29, 1.82) is 0 Å². The first kappa shape index (κ1) is 16.3. The predicted octanol–water partition coefficient (Wildman–Crippen LogP) is 0.930. The van der Waals surface area contributed by atoms with E-state index in [1.54, 1.807) is 12.1 Å². The predicted molar refractivity (Wildman–Crippen MR) is 75.9 cm³/mol. The molecule has 0 spiro atoms. The molecule has 1 aromatic carbocycles. The molecule has 1 aromatic rings. The number of amides is 1. The number of carbonyl (C=O) groups is 1. The summed E-state index contributed by atoms with van der Waals surface area (Å²) in [6, 6.07) is 6.08. The summed E-state index contributed by atoms with van der Waals surface area (Å²) in [5.41, 5.74) is 0.838. The molecule has 0 fully saturated rings. The average Bonchev–Trinajstić information content (AvgIpc) is 2.37. The minimum absolute atomic E-state index is 0.151. The summed E-state index contributed by atoms with van der Waals surface area (Å²) in [7, 11) is 0. The first-order valence-electron chi connectivity index (χ1n) is 6.57. The van der Waals surface area contributed by atoms with Gasteiger partial charge in [-0.1, -0.05) is 26.0 Å². The molecule has 0 aliphatic rings. The molecule has 0 saturated carbocycles. The zero-order valence-corrected chi connectivity index (χ0v) is 11.7. The standard InChI is InChI=1S/C14H22N2O4/c1-9(2)15-8-13(18)12(16-14(19)20)7-10-3-5-11(17)6-4-10/h3-6,9,12-13,15-18H,7-8H2,1-2H3,(H,19,20)/t12-,13+/m0/s1. The molecule has 0 bridgehead atoms. The van der Waals surface area contributed by atoms with Crippen molar-refractivity contribution in [2.75, 3.05) is 6.54 Å². The SMILES string of the molecule is CC(C)NC[C@@H](O)[C@H](Cc1ccc(O)cc1)NC(=O)O. The molecule has 6 nitrogen and oxygen atoms in total. The number of nitrogens with one attached hydrogen (secondary N) is 2. The summed E-state index contributed by atoms with van der Waals surface area (Å²) in [5, 5.41) is 33.6. The summed E-state index contributed by atoms with van der Waals surface area (Å²) in [6.45, 7) is 4.21. The second-order valence-corrected chi connectivity index (χ2v) is 5.06. The fourth-order valence-corrected chi connectivity index (χ4v) is 1.83. The quantitative estimate of drug-likeness (QED) is 0.512. The zero-order valence-electron chi connectivity index (χ0n) is 11.7. The maximum absolute atomic E-state index is 10.8. The summed E-state index contributed by atoms with van der Waals surface area (Å²) >= 11 is 0. The molecule has 0 aliphatic heterocycles. The van der Waals surface area contributed by atoms with Crippen LogP contribution in [0.15, 0.2) is 24.3 Å². The Kier molecular flexibility index (Phi) is 6.27. The average molecular weight is 282 g/mol. The molecule has 2 atom stereocenters. The van der Waals surface area contributed by atoms with Gasteiger partial charge in [0.05, 0.1) is 12.1 Å². The Balaban J connectivity index is 2.67. The molecule has 0 radical (unpaired) electrons. The summed E-state index contributed by atoms with van der Waals surface area (Å²) < 4.78 is 0. The highest BCUT2D eigenvalue weighted by Gasteiger charge is 2.21. The molecular formula is C14H22N2O4. The fraction of sp³-hybridized carbons (Fsp3) is 0.500. The maximum atomic E-state index is 10.8. The number of phenols is 1. The molecule has 6 heteroatoms. The fourth-order valence-electron chi connectivity index (χ4n) is 1.83. The van der Waals surface area contributed by atoms with Crippen LogP contribution in [0.25, 0.3) is 0 Å². The number of aliphatic hydroxyl groups excluding tert-OH is 1. The third-order valence-electron chi connectivity index (χ3n) is 2.90. The first-order valence-corrected chi connectivity index (χ1v) is 6.57. The van der Waals surface area contributed by atoms with Gasteiger partial charge in [-0.15, -0.1) is 0 Å². The summed E-state index contributed by atoms with van der Waals surface area (Å²) in [6.07, 6.45) is -1.65. The number of phenolic OH excluding ortho intramolecular Hbond substituents is 1. The Hall–Kier alpha value is -1.79. The van der Waals surface area contributed by atoms with Crippen molar-refractivity contribution in [3.05, 3.63) is 29.8 Å². The minimum atomic E-state index is -1.17. The molecule has 0 heterocycles. The largest absolute Gasteiger partial charge is 0.508 e. The minimum Gasteiger partial charge on any atom is -0.508 e. The maximum Gasteiger partial charge on any atom is 0.404 e. The third-order valence-corrected chi connectivity index (χ3v) is 2.90. The number of hydrogen-bond donors (Lipinski definition) is 5. The normalized spacial score (nSPS) is 14.0. The Labute approximate surface area is 118 Å². The van der Waals surface area contributed by atoms with Crippen molar-refractivity contribution in [3.63, 3.8) is 0 Å². The van der Waals surface area contributed by atoms with Gasteiger partial charge in [0.25, 0.3) is 0 Å². The van der Waals surface area contributed by atoms with Crippen molar-refractivity contribution in [2.24, 2.45) is 0 Å². The number of hydrogen-bond acceptors (Lipinski definition) is 4. The number of rotatable bonds is 7. The molecule has 20 heavy (non-hydrogen) atoms. The lowest BCUT2D eigenvalue weighted by molar-refractivity contribution is 0.116. The van der Waals surface area contributed by atoms with Gasteiger partial charge in [0, 0.05) is 12.6 Å². The van der Waals surface area contributed by atoms with E-state index in [4.69, 9.17) is 5.11 Å². The molecule has 0 unspecified atom stereocenters. The topological polar surface area (TPSA) is 102 Å². The second-order valence-electron chi connectivity index (χ2n) is 5.06. The van der Waals surface area contributed by atoms with Crippen molar-refractivity contribution in [3.8, 4) is 5.75 Å². The van der Waals surface area contributed by atoms with Crippen LogP contribution in [0.2, 0.25) is 0 Å². The second kappa shape index (κ2) is 7.72. The highest BCUT2D eigenvalue weighted by molar-refractivity contribution is 5.65. The van der Waals surface area contributed by atoms with Crippen LogP contribution in [0.5, 0.6) is 5.75 Å². The van der Waals surface area contributed by atoms with Gasteiger partial charge in [0.1, 0.15) is 5.75 Å². The van der Waals surface area contributed by atoms with Crippen LogP contribution in [0.1, 0.15) is 19.4 Å². The van der Waals surface area contributed by atoms with Gasteiger partial charge in [-0.3, -0.25) is 0 Å². The van der Waals surface area contributed by atoms with E-state index in [0.717, 1.165) is 5.56 Å². The molecule has 1 rings (SSSR count). The molecule has 0 aliphatic carbocycles. The molecular weight excluding hydrogens is 260 g/mol. The van der Waals surface area contributed by atoms with E-state index in [0.29, 0.717) is 13.0 Å². The van der Waals surface area contributed by atoms with Crippen molar-refractivity contribution in [2.45, 2.75) is 38.5 Å². The van der Waals surface area contributed by atoms with Crippen molar-refractivity contribution >= 4 is 6.09 Å². The molecule has 112 valence electrons. The lowest BCUT2D eigenvalue weighted by Crippen LogP contribution is -2.49. The summed E-state index contributed by atoms with van der Waals surface area (Å²) in [4.78, 5) is 10.8. The Morgan fingerprint density at radius 2 is 1.85 bits per heavy atom. The van der Waals surface area contributed by atoms with Crippen molar-refractivity contribution < 1.29 is 20.1 Å². The van der Waals surface area contributed by atoms with E-state index in [2.05, 4.69) is 10.6 Å². The van der Waals surface area contributed by atoms with Crippen LogP contribution < -0.4 is 10.6 Å². The van der Waals surface area contributed by atoms with E-state index in [1.807, 2.05) is 13.8 Å². The van der Waals surface area contributed by atoms with E-state index in [9.17, 15) is 15.0 Å². The van der Waals surface area contributed by atoms with Crippen molar-refractivity contribution in [1.82, 2.24) is 10.6 Å². The molecule has 5 N–H and O–H groups in total. The van der Waals surface area contributed by atoms with Gasteiger partial charge in [-0.2, -0.15) is 0 Å². The number of benzene rings is 1. The molecule has 1 amide bonds. The Morgan fingerprint density at radius 3 is 2.35 bits per heavy atom. The first-order chi connectivity index (χ1) is 9.38. The highest BCUT2D eigenvalue weighted by atomic mass is 16.4. The van der Waals surface area contributed by atoms with Crippen LogP contribution in [0.4, 0.5) is 4.79 Å². The number of aliphatic hydroxyl groups is 1. The smallest absolute Gasteiger partial charge is 0.404 e. The molecule has 0 saturated heterocycles. The van der Waals surface area contributed by atoms with Crippen LogP contribution in [0, 0.1) is 0 Å². The lowest BCUT2D eigenvalue weighted by atomic mass is 10.0. The van der Waals surface area contributed by atoms with Crippen LogP contribution in [0.3, 0.4) is 0 Å². The third kappa shape index (κ3) is 5.90. The van der Waals surface area contributed by atoms with E-state index in [1.165, 1.54) is 12.1 Å². The monoisotopic (exact) mass is 282 g/mol. The van der Waals surface area contributed by atoms with Crippen LogP contribution in [-0.2, 0) is 6.42 Å². The van der Waals surface area contributed by atoms with Gasteiger partial charge < -0.3 is 26.0 Å². The van der Waals surface area contributed by atoms with Gasteiger partial charge in [0.2, 0.25) is 0 Å². The highest BCUT2D eigenvalue weighted by Crippen LogP contribution is 2.12. The lowest BCUT2D eigenvalue weighted by Gasteiger charge is -2.24. The van der Waals surface area contributed by atoms with Gasteiger partial charge in [0.15, 0.2) is 0 Å². The summed E-state index contributed by atoms with van der Waals surface area (Å²) in [5.74, 6) is 0.151. The molecule has 0 aromatic heterocycles. The zero-order chi connectivity index (χ0) is 15.1. The van der Waals surface area contributed by atoms with Crippen LogP contribution in [-0.4, -0.2) is 46.1 Å². The Bertz CT molecular complexity index is 420. The number of aromatic hydroxyl groups is 1. The van der Waals surface area contributed by atoms with E-state index in [-0.39, 0.29) is 11.8 Å².